The monoisotopic (exact) mass is 285 g/mol. The van der Waals surface area contributed by atoms with Crippen molar-refractivity contribution in [2.24, 2.45) is 5.92 Å². The molecular formula is C18H23NO2. The van der Waals surface area contributed by atoms with Crippen LogP contribution in [0.1, 0.15) is 36.8 Å². The molecule has 0 spiro atoms. The molecule has 0 bridgehead atoms. The van der Waals surface area contributed by atoms with Crippen LogP contribution in [0.15, 0.2) is 18.2 Å². The fourth-order valence-corrected chi connectivity index (χ4v) is 2.73. The van der Waals surface area contributed by atoms with E-state index in [1.54, 1.807) is 7.11 Å². The zero-order chi connectivity index (χ0) is 14.7. The van der Waals surface area contributed by atoms with Crippen molar-refractivity contribution in [3.63, 3.8) is 0 Å². The third-order valence-electron chi connectivity index (χ3n) is 4.20. The number of aliphatic hydroxyl groups is 1. The van der Waals surface area contributed by atoms with E-state index < -0.39 is 0 Å². The minimum Gasteiger partial charge on any atom is -0.495 e. The summed E-state index contributed by atoms with van der Waals surface area (Å²) in [6, 6.07) is 7.01. The summed E-state index contributed by atoms with van der Waals surface area (Å²) in [4.78, 5) is 2.63. The van der Waals surface area contributed by atoms with Gasteiger partial charge in [-0.1, -0.05) is 17.9 Å². The molecule has 0 unspecified atom stereocenters. The number of aliphatic hydroxyl groups excluding tert-OH is 1. The Morgan fingerprint density at radius 3 is 2.71 bits per heavy atom. The van der Waals surface area contributed by atoms with Gasteiger partial charge in [0.05, 0.1) is 12.7 Å². The van der Waals surface area contributed by atoms with E-state index in [1.165, 1.54) is 37.8 Å². The largest absolute Gasteiger partial charge is 0.495 e. The van der Waals surface area contributed by atoms with E-state index in [2.05, 4.69) is 28.9 Å². The van der Waals surface area contributed by atoms with Gasteiger partial charge in [-0.3, -0.25) is 4.90 Å². The van der Waals surface area contributed by atoms with E-state index >= 15 is 0 Å². The Morgan fingerprint density at radius 2 is 2.10 bits per heavy atom. The topological polar surface area (TPSA) is 32.7 Å². The predicted octanol–water partition coefficient (Wildman–Crippen LogP) is 2.41. The maximum atomic E-state index is 8.87. The summed E-state index contributed by atoms with van der Waals surface area (Å²) in [5.74, 6) is 7.40. The summed E-state index contributed by atoms with van der Waals surface area (Å²) in [7, 11) is 1.66. The van der Waals surface area contributed by atoms with Gasteiger partial charge in [0.2, 0.25) is 0 Å². The lowest BCUT2D eigenvalue weighted by Gasteiger charge is -2.22. The van der Waals surface area contributed by atoms with Crippen molar-refractivity contribution >= 4 is 0 Å². The van der Waals surface area contributed by atoms with Crippen molar-refractivity contribution in [3.8, 4) is 17.6 Å². The van der Waals surface area contributed by atoms with Gasteiger partial charge in [0, 0.05) is 19.1 Å². The molecule has 21 heavy (non-hydrogen) atoms. The molecule has 0 heterocycles. The molecule has 1 N–H and O–H groups in total. The van der Waals surface area contributed by atoms with Crippen LogP contribution >= 0.6 is 0 Å². The lowest BCUT2D eigenvalue weighted by atomic mass is 10.1. The molecule has 1 aromatic rings. The van der Waals surface area contributed by atoms with Crippen LogP contribution in [0.4, 0.5) is 0 Å². The van der Waals surface area contributed by atoms with Gasteiger partial charge in [0.15, 0.2) is 0 Å². The van der Waals surface area contributed by atoms with Gasteiger partial charge in [0.25, 0.3) is 0 Å². The van der Waals surface area contributed by atoms with Crippen LogP contribution < -0.4 is 4.74 Å². The van der Waals surface area contributed by atoms with Crippen molar-refractivity contribution in [2.75, 3.05) is 20.3 Å². The molecule has 112 valence electrons. The van der Waals surface area contributed by atoms with Crippen LogP contribution in [0.25, 0.3) is 0 Å². The molecule has 2 fully saturated rings. The third-order valence-corrected chi connectivity index (χ3v) is 4.20. The minimum atomic E-state index is -0.122. The molecule has 1 aromatic carbocycles. The second-order valence-electron chi connectivity index (χ2n) is 6.10. The Balaban J connectivity index is 1.73. The van der Waals surface area contributed by atoms with E-state index in [-0.39, 0.29) is 6.61 Å². The van der Waals surface area contributed by atoms with E-state index in [1.807, 2.05) is 6.07 Å². The molecule has 0 aliphatic heterocycles. The van der Waals surface area contributed by atoms with Gasteiger partial charge in [-0.25, -0.2) is 0 Å². The van der Waals surface area contributed by atoms with Crippen LogP contribution in [0.2, 0.25) is 0 Å². The number of benzene rings is 1. The minimum absolute atomic E-state index is 0.122. The average Bonchev–Trinajstić information content (AvgIpc) is 3.37. The van der Waals surface area contributed by atoms with E-state index in [0.29, 0.717) is 0 Å². The second kappa shape index (κ2) is 6.51. The first kappa shape index (κ1) is 14.4. The van der Waals surface area contributed by atoms with E-state index in [0.717, 1.165) is 29.8 Å². The molecule has 0 amide bonds. The molecule has 3 rings (SSSR count). The smallest absolute Gasteiger partial charge is 0.134 e. The van der Waals surface area contributed by atoms with Gasteiger partial charge in [0.1, 0.15) is 12.4 Å². The molecular weight excluding hydrogens is 262 g/mol. The fraction of sp³-hybridized carbons (Fsp3) is 0.556. The van der Waals surface area contributed by atoms with Crippen LogP contribution in [-0.4, -0.2) is 36.3 Å². The van der Waals surface area contributed by atoms with Gasteiger partial charge in [-0.05, 0) is 49.3 Å². The highest BCUT2D eigenvalue weighted by Crippen LogP contribution is 2.35. The molecule has 0 radical (unpaired) electrons. The summed E-state index contributed by atoms with van der Waals surface area (Å²) in [5.41, 5.74) is 2.15. The maximum Gasteiger partial charge on any atom is 0.134 e. The van der Waals surface area contributed by atoms with Crippen LogP contribution in [-0.2, 0) is 6.54 Å². The molecule has 3 nitrogen and oxygen atoms in total. The SMILES string of the molecule is COc1ccc(CN(CC2CC2)C2CC2)cc1C#CCO. The highest BCUT2D eigenvalue weighted by atomic mass is 16.5. The predicted molar refractivity (Wildman–Crippen MR) is 83.1 cm³/mol. The Labute approximate surface area is 126 Å². The normalized spacial score (nSPS) is 17.5. The Hall–Kier alpha value is -1.50. The van der Waals surface area contributed by atoms with Crippen molar-refractivity contribution in [2.45, 2.75) is 38.3 Å². The molecule has 2 aliphatic rings. The first-order chi connectivity index (χ1) is 10.3. The maximum absolute atomic E-state index is 8.87. The van der Waals surface area contributed by atoms with Crippen LogP contribution in [0.5, 0.6) is 5.75 Å². The molecule has 0 saturated heterocycles. The van der Waals surface area contributed by atoms with Crippen molar-refractivity contribution in [1.82, 2.24) is 4.90 Å². The number of hydrogen-bond acceptors (Lipinski definition) is 3. The summed E-state index contributed by atoms with van der Waals surface area (Å²) in [5, 5.41) is 8.87. The first-order valence-electron chi connectivity index (χ1n) is 7.81. The summed E-state index contributed by atoms with van der Waals surface area (Å²) in [6.07, 6.45) is 5.50. The summed E-state index contributed by atoms with van der Waals surface area (Å²) >= 11 is 0. The first-order valence-corrected chi connectivity index (χ1v) is 7.81. The standard InChI is InChI=1S/C18H23NO2/c1-21-18-9-6-15(11-16(18)3-2-10-20)13-19(17-7-8-17)12-14-4-5-14/h6,9,11,14,17,20H,4-5,7-8,10,12-13H2,1H3. The van der Waals surface area contributed by atoms with E-state index in [4.69, 9.17) is 9.84 Å². The Bertz CT molecular complexity index is 550. The van der Waals surface area contributed by atoms with Gasteiger partial charge in [-0.2, -0.15) is 0 Å². The third kappa shape index (κ3) is 4.00. The average molecular weight is 285 g/mol. The van der Waals surface area contributed by atoms with Crippen LogP contribution in [0.3, 0.4) is 0 Å². The lowest BCUT2D eigenvalue weighted by molar-refractivity contribution is 0.244. The molecule has 2 saturated carbocycles. The summed E-state index contributed by atoms with van der Waals surface area (Å²) in [6.45, 7) is 2.12. The number of methoxy groups -OCH3 is 1. The van der Waals surface area contributed by atoms with Gasteiger partial charge in [-0.15, -0.1) is 0 Å². The second-order valence-corrected chi connectivity index (χ2v) is 6.10. The quantitative estimate of drug-likeness (QED) is 0.815. The van der Waals surface area contributed by atoms with Gasteiger partial charge < -0.3 is 9.84 Å². The van der Waals surface area contributed by atoms with Crippen LogP contribution in [0, 0.1) is 17.8 Å². The van der Waals surface area contributed by atoms with Gasteiger partial charge >= 0.3 is 0 Å². The number of rotatable bonds is 6. The molecule has 0 aromatic heterocycles. The van der Waals surface area contributed by atoms with Crippen molar-refractivity contribution < 1.29 is 9.84 Å². The molecule has 2 aliphatic carbocycles. The highest BCUT2D eigenvalue weighted by Gasteiger charge is 2.33. The zero-order valence-corrected chi connectivity index (χ0v) is 12.6. The number of hydrogen-bond donors (Lipinski definition) is 1. The highest BCUT2D eigenvalue weighted by molar-refractivity contribution is 5.48. The Morgan fingerprint density at radius 1 is 1.29 bits per heavy atom. The van der Waals surface area contributed by atoms with Crippen molar-refractivity contribution in [1.29, 1.82) is 0 Å². The van der Waals surface area contributed by atoms with E-state index in [9.17, 15) is 0 Å². The lowest BCUT2D eigenvalue weighted by Crippen LogP contribution is -2.27. The fourth-order valence-electron chi connectivity index (χ4n) is 2.73. The summed E-state index contributed by atoms with van der Waals surface area (Å²) < 4.78 is 5.34. The number of nitrogens with zero attached hydrogens (tertiary/aromatic N) is 1. The van der Waals surface area contributed by atoms with Crippen molar-refractivity contribution in [3.05, 3.63) is 29.3 Å². The molecule has 3 heteroatoms. The number of ether oxygens (including phenoxy) is 1. The molecule has 0 atom stereocenters. The Kier molecular flexibility index (Phi) is 4.48. The zero-order valence-electron chi connectivity index (χ0n) is 12.6.